The summed E-state index contributed by atoms with van der Waals surface area (Å²) in [6, 6.07) is 2.93. The van der Waals surface area contributed by atoms with Crippen LogP contribution in [0.4, 0.5) is 10.1 Å². The molecule has 1 rings (SSSR count). The summed E-state index contributed by atoms with van der Waals surface area (Å²) in [6.07, 6.45) is 0. The number of aryl methyl sites for hydroxylation is 1. The van der Waals surface area contributed by atoms with Gasteiger partial charge in [-0.15, -0.1) is 0 Å². The fraction of sp³-hybridized carbons (Fsp3) is 0.273. The molecule has 0 aromatic heterocycles. The molecule has 1 aromatic carbocycles. The number of nitrogens with two attached hydrogens (primary N) is 1. The van der Waals surface area contributed by atoms with Gasteiger partial charge in [-0.1, -0.05) is 6.58 Å². The molecule has 0 saturated carbocycles. The van der Waals surface area contributed by atoms with Gasteiger partial charge in [0, 0.05) is 5.69 Å². The van der Waals surface area contributed by atoms with Crippen LogP contribution in [-0.2, 0) is 4.74 Å². The van der Waals surface area contributed by atoms with Gasteiger partial charge in [-0.05, 0) is 31.5 Å². The van der Waals surface area contributed by atoms with Gasteiger partial charge in [0.15, 0.2) is 0 Å². The van der Waals surface area contributed by atoms with Crippen LogP contribution in [0.25, 0.3) is 5.76 Å². The number of benzene rings is 1. The quantitative estimate of drug-likeness (QED) is 0.594. The van der Waals surface area contributed by atoms with Crippen molar-refractivity contribution in [1.82, 2.24) is 0 Å². The number of ether oxygens (including phenoxy) is 1. The zero-order valence-corrected chi connectivity index (χ0v) is 8.43. The van der Waals surface area contributed by atoms with Crippen LogP contribution >= 0.6 is 0 Å². The van der Waals surface area contributed by atoms with Crippen LogP contribution in [0.1, 0.15) is 18.1 Å². The molecule has 0 unspecified atom stereocenters. The summed E-state index contributed by atoms with van der Waals surface area (Å²) in [6.45, 7) is 7.67. The van der Waals surface area contributed by atoms with E-state index in [1.54, 1.807) is 13.0 Å². The summed E-state index contributed by atoms with van der Waals surface area (Å²) in [5, 5.41) is 0. The average Bonchev–Trinajstić information content (AvgIpc) is 2.11. The normalized spacial score (nSPS) is 9.93. The Bertz CT molecular complexity index is 361. The van der Waals surface area contributed by atoms with Crippen LogP contribution in [0.2, 0.25) is 0 Å². The number of anilines is 1. The lowest BCUT2D eigenvalue weighted by Gasteiger charge is -2.10. The first-order chi connectivity index (χ1) is 6.56. The van der Waals surface area contributed by atoms with Gasteiger partial charge in [0.1, 0.15) is 11.6 Å². The van der Waals surface area contributed by atoms with E-state index in [1.807, 2.05) is 6.92 Å². The highest BCUT2D eigenvalue weighted by molar-refractivity contribution is 5.64. The standard InChI is InChI=1S/C11H14FNO/c1-4-14-8(3)9-6-11(13)7(2)5-10(9)12/h5-6H,3-4,13H2,1-2H3. The van der Waals surface area contributed by atoms with Gasteiger partial charge < -0.3 is 10.5 Å². The minimum absolute atomic E-state index is 0.316. The number of hydrogen-bond donors (Lipinski definition) is 1. The van der Waals surface area contributed by atoms with Crippen molar-refractivity contribution in [1.29, 1.82) is 0 Å². The van der Waals surface area contributed by atoms with Gasteiger partial charge >= 0.3 is 0 Å². The van der Waals surface area contributed by atoms with Gasteiger partial charge in [0.25, 0.3) is 0 Å². The Morgan fingerprint density at radius 1 is 1.57 bits per heavy atom. The molecule has 2 N–H and O–H groups in total. The molecule has 0 radical (unpaired) electrons. The minimum atomic E-state index is -0.352. The maximum atomic E-state index is 13.4. The molecule has 0 atom stereocenters. The third-order valence-corrected chi connectivity index (χ3v) is 1.97. The van der Waals surface area contributed by atoms with Crippen molar-refractivity contribution < 1.29 is 9.13 Å². The molecule has 0 aliphatic rings. The zero-order chi connectivity index (χ0) is 10.7. The van der Waals surface area contributed by atoms with E-state index in [4.69, 9.17) is 10.5 Å². The van der Waals surface area contributed by atoms with E-state index in [1.165, 1.54) is 6.07 Å². The maximum Gasteiger partial charge on any atom is 0.134 e. The third kappa shape index (κ3) is 2.05. The predicted molar refractivity (Wildman–Crippen MR) is 56.2 cm³/mol. The lowest BCUT2D eigenvalue weighted by atomic mass is 10.1. The molecule has 0 spiro atoms. The molecule has 0 aliphatic carbocycles. The first-order valence-electron chi connectivity index (χ1n) is 4.44. The fourth-order valence-corrected chi connectivity index (χ4v) is 1.16. The smallest absolute Gasteiger partial charge is 0.134 e. The second-order valence-electron chi connectivity index (χ2n) is 3.04. The summed E-state index contributed by atoms with van der Waals surface area (Å²) >= 11 is 0. The number of halogens is 1. The van der Waals surface area contributed by atoms with Crippen LogP contribution in [0.15, 0.2) is 18.7 Å². The molecule has 14 heavy (non-hydrogen) atoms. The summed E-state index contributed by atoms with van der Waals surface area (Å²) in [4.78, 5) is 0. The summed E-state index contributed by atoms with van der Waals surface area (Å²) < 4.78 is 18.5. The van der Waals surface area contributed by atoms with Crippen molar-refractivity contribution in [2.24, 2.45) is 0 Å². The van der Waals surface area contributed by atoms with Gasteiger partial charge in [-0.25, -0.2) is 4.39 Å². The van der Waals surface area contributed by atoms with Crippen molar-refractivity contribution in [2.75, 3.05) is 12.3 Å². The van der Waals surface area contributed by atoms with Crippen LogP contribution in [0.3, 0.4) is 0 Å². The van der Waals surface area contributed by atoms with E-state index in [0.717, 1.165) is 5.56 Å². The number of nitrogen functional groups attached to an aromatic ring is 1. The SMILES string of the molecule is C=C(OCC)c1cc(N)c(C)cc1F. The average molecular weight is 195 g/mol. The van der Waals surface area contributed by atoms with Crippen LogP contribution in [-0.4, -0.2) is 6.61 Å². The highest BCUT2D eigenvalue weighted by Crippen LogP contribution is 2.23. The summed E-state index contributed by atoms with van der Waals surface area (Å²) in [7, 11) is 0. The van der Waals surface area contributed by atoms with Crippen molar-refractivity contribution in [3.05, 3.63) is 35.7 Å². The second-order valence-corrected chi connectivity index (χ2v) is 3.04. The van der Waals surface area contributed by atoms with Crippen LogP contribution in [0.5, 0.6) is 0 Å². The molecule has 0 amide bonds. The summed E-state index contributed by atoms with van der Waals surface area (Å²) in [5.41, 5.74) is 7.25. The summed E-state index contributed by atoms with van der Waals surface area (Å²) in [5.74, 6) is -0.0353. The number of rotatable bonds is 3. The number of hydrogen-bond acceptors (Lipinski definition) is 2. The molecule has 0 bridgehead atoms. The van der Waals surface area contributed by atoms with Crippen molar-refractivity contribution in [3.63, 3.8) is 0 Å². The van der Waals surface area contributed by atoms with Crippen LogP contribution < -0.4 is 5.73 Å². The first-order valence-corrected chi connectivity index (χ1v) is 4.44. The largest absolute Gasteiger partial charge is 0.494 e. The Labute approximate surface area is 83.2 Å². The molecule has 0 heterocycles. The third-order valence-electron chi connectivity index (χ3n) is 1.97. The zero-order valence-electron chi connectivity index (χ0n) is 8.43. The lowest BCUT2D eigenvalue weighted by Crippen LogP contribution is -1.98. The molecule has 3 heteroatoms. The predicted octanol–water partition coefficient (Wildman–Crippen LogP) is 2.72. The van der Waals surface area contributed by atoms with Crippen molar-refractivity contribution in [2.45, 2.75) is 13.8 Å². The Morgan fingerprint density at radius 3 is 2.79 bits per heavy atom. The molecular formula is C11H14FNO. The van der Waals surface area contributed by atoms with Gasteiger partial charge in [-0.3, -0.25) is 0 Å². The van der Waals surface area contributed by atoms with E-state index in [2.05, 4.69) is 6.58 Å². The molecule has 1 aromatic rings. The lowest BCUT2D eigenvalue weighted by molar-refractivity contribution is 0.297. The fourth-order valence-electron chi connectivity index (χ4n) is 1.16. The van der Waals surface area contributed by atoms with Gasteiger partial charge in [-0.2, -0.15) is 0 Å². The highest BCUT2D eigenvalue weighted by Gasteiger charge is 2.09. The highest BCUT2D eigenvalue weighted by atomic mass is 19.1. The molecule has 0 fully saturated rings. The first kappa shape index (κ1) is 10.6. The van der Waals surface area contributed by atoms with Crippen molar-refractivity contribution >= 4 is 11.4 Å². The van der Waals surface area contributed by atoms with Crippen LogP contribution in [0, 0.1) is 12.7 Å². The Kier molecular flexibility index (Phi) is 3.12. The Hall–Kier alpha value is -1.51. The van der Waals surface area contributed by atoms with E-state index in [0.29, 0.717) is 23.6 Å². The van der Waals surface area contributed by atoms with Crippen molar-refractivity contribution in [3.8, 4) is 0 Å². The van der Waals surface area contributed by atoms with Gasteiger partial charge in [0.2, 0.25) is 0 Å². The maximum absolute atomic E-state index is 13.4. The second kappa shape index (κ2) is 4.13. The Morgan fingerprint density at radius 2 is 2.21 bits per heavy atom. The molecule has 76 valence electrons. The van der Waals surface area contributed by atoms with E-state index < -0.39 is 0 Å². The van der Waals surface area contributed by atoms with Gasteiger partial charge in [0.05, 0.1) is 12.2 Å². The monoisotopic (exact) mass is 195 g/mol. The topological polar surface area (TPSA) is 35.2 Å². The molecule has 0 saturated heterocycles. The minimum Gasteiger partial charge on any atom is -0.494 e. The van der Waals surface area contributed by atoms with E-state index in [-0.39, 0.29) is 5.82 Å². The molecule has 0 aliphatic heterocycles. The molecule has 2 nitrogen and oxygen atoms in total. The van der Waals surface area contributed by atoms with E-state index in [9.17, 15) is 4.39 Å². The molecular weight excluding hydrogens is 181 g/mol. The van der Waals surface area contributed by atoms with E-state index >= 15 is 0 Å². The Balaban J connectivity index is 3.09.